The van der Waals surface area contributed by atoms with E-state index in [2.05, 4.69) is 0 Å². The van der Waals surface area contributed by atoms with Crippen molar-refractivity contribution < 1.29 is 17.6 Å². The standard InChI is InChI=1S/C13H20FN3O3S/c1-8(2)6-17(7-13(16)18)21(19,20)10-4-11(14)9(3)12(15)5-10/h4-5,8H,6-7,15H2,1-3H3,(H2,16,18). The number of rotatable bonds is 6. The third-order valence-electron chi connectivity index (χ3n) is 2.90. The molecule has 6 nitrogen and oxygen atoms in total. The number of hydrogen-bond donors (Lipinski definition) is 2. The molecule has 1 rings (SSSR count). The number of carbonyl (C=O) groups excluding carboxylic acids is 1. The molecule has 1 aromatic rings. The van der Waals surface area contributed by atoms with E-state index in [1.54, 1.807) is 13.8 Å². The van der Waals surface area contributed by atoms with Gasteiger partial charge in [-0.05, 0) is 25.0 Å². The summed E-state index contributed by atoms with van der Waals surface area (Å²) in [4.78, 5) is 10.8. The molecule has 0 aliphatic carbocycles. The Bertz CT molecular complexity index is 621. The van der Waals surface area contributed by atoms with E-state index in [0.29, 0.717) is 0 Å². The molecule has 0 radical (unpaired) electrons. The van der Waals surface area contributed by atoms with Gasteiger partial charge < -0.3 is 11.5 Å². The highest BCUT2D eigenvalue weighted by Gasteiger charge is 2.27. The highest BCUT2D eigenvalue weighted by molar-refractivity contribution is 7.89. The monoisotopic (exact) mass is 317 g/mol. The van der Waals surface area contributed by atoms with E-state index in [4.69, 9.17) is 11.5 Å². The number of anilines is 1. The van der Waals surface area contributed by atoms with Gasteiger partial charge in [-0.3, -0.25) is 4.79 Å². The van der Waals surface area contributed by atoms with E-state index in [9.17, 15) is 17.6 Å². The summed E-state index contributed by atoms with van der Waals surface area (Å²) >= 11 is 0. The van der Waals surface area contributed by atoms with E-state index >= 15 is 0 Å². The Morgan fingerprint density at radius 2 is 1.95 bits per heavy atom. The first-order valence-corrected chi connectivity index (χ1v) is 7.83. The first kappa shape index (κ1) is 17.4. The van der Waals surface area contributed by atoms with Crippen LogP contribution in [0.1, 0.15) is 19.4 Å². The number of hydrogen-bond acceptors (Lipinski definition) is 4. The number of benzene rings is 1. The number of nitrogens with two attached hydrogens (primary N) is 2. The first-order chi connectivity index (χ1) is 9.55. The highest BCUT2D eigenvalue weighted by Crippen LogP contribution is 2.24. The van der Waals surface area contributed by atoms with Crippen LogP contribution >= 0.6 is 0 Å². The van der Waals surface area contributed by atoms with Crippen LogP contribution in [0.5, 0.6) is 0 Å². The molecule has 0 saturated carbocycles. The van der Waals surface area contributed by atoms with E-state index in [1.165, 1.54) is 13.0 Å². The van der Waals surface area contributed by atoms with Crippen LogP contribution in [0.2, 0.25) is 0 Å². The number of amides is 1. The first-order valence-electron chi connectivity index (χ1n) is 6.39. The molecule has 4 N–H and O–H groups in total. The molecule has 0 fully saturated rings. The SMILES string of the molecule is Cc1c(N)cc(S(=O)(=O)N(CC(N)=O)CC(C)C)cc1F. The molecule has 118 valence electrons. The summed E-state index contributed by atoms with van der Waals surface area (Å²) in [6, 6.07) is 2.08. The van der Waals surface area contributed by atoms with Gasteiger partial charge in [0.2, 0.25) is 15.9 Å². The molecule has 0 spiro atoms. The fourth-order valence-corrected chi connectivity index (χ4v) is 3.42. The van der Waals surface area contributed by atoms with Crippen molar-refractivity contribution in [2.75, 3.05) is 18.8 Å². The van der Waals surface area contributed by atoms with Crippen molar-refractivity contribution in [3.05, 3.63) is 23.5 Å². The molecule has 21 heavy (non-hydrogen) atoms. The second kappa shape index (κ2) is 6.40. The Hall–Kier alpha value is -1.67. The van der Waals surface area contributed by atoms with Gasteiger partial charge in [-0.25, -0.2) is 12.8 Å². The van der Waals surface area contributed by atoms with Crippen molar-refractivity contribution in [1.29, 1.82) is 0 Å². The Kier molecular flexibility index (Phi) is 5.30. The molecule has 0 aliphatic rings. The molecule has 1 amide bonds. The molecular weight excluding hydrogens is 297 g/mol. The van der Waals surface area contributed by atoms with E-state index in [1.807, 2.05) is 0 Å². The van der Waals surface area contributed by atoms with E-state index < -0.39 is 28.3 Å². The minimum Gasteiger partial charge on any atom is -0.398 e. The van der Waals surface area contributed by atoms with Gasteiger partial charge in [0.1, 0.15) is 5.82 Å². The zero-order chi connectivity index (χ0) is 16.4. The van der Waals surface area contributed by atoms with Crippen LogP contribution in [-0.2, 0) is 14.8 Å². The largest absolute Gasteiger partial charge is 0.398 e. The summed E-state index contributed by atoms with van der Waals surface area (Å²) in [5.74, 6) is -1.51. The lowest BCUT2D eigenvalue weighted by Gasteiger charge is -2.23. The Morgan fingerprint density at radius 1 is 1.38 bits per heavy atom. The molecule has 0 saturated heterocycles. The van der Waals surface area contributed by atoms with Gasteiger partial charge in [-0.2, -0.15) is 4.31 Å². The predicted molar refractivity (Wildman–Crippen MR) is 78.3 cm³/mol. The summed E-state index contributed by atoms with van der Waals surface area (Å²) in [7, 11) is -4.04. The van der Waals surface area contributed by atoms with Gasteiger partial charge in [-0.1, -0.05) is 13.8 Å². The molecule has 0 bridgehead atoms. The topological polar surface area (TPSA) is 106 Å². The van der Waals surface area contributed by atoms with Crippen molar-refractivity contribution in [3.63, 3.8) is 0 Å². The predicted octanol–water partition coefficient (Wildman–Crippen LogP) is 0.848. The molecule has 0 heterocycles. The molecule has 0 atom stereocenters. The summed E-state index contributed by atoms with van der Waals surface area (Å²) in [6.07, 6.45) is 0. The molecular formula is C13H20FN3O3S. The van der Waals surface area contributed by atoms with Crippen LogP contribution in [0.15, 0.2) is 17.0 Å². The highest BCUT2D eigenvalue weighted by atomic mass is 32.2. The summed E-state index contributed by atoms with van der Waals surface area (Å²) < 4.78 is 39.7. The van der Waals surface area contributed by atoms with Gasteiger partial charge in [0.15, 0.2) is 0 Å². The van der Waals surface area contributed by atoms with Crippen molar-refractivity contribution in [2.24, 2.45) is 11.7 Å². The Morgan fingerprint density at radius 3 is 2.38 bits per heavy atom. The van der Waals surface area contributed by atoms with E-state index in [0.717, 1.165) is 10.4 Å². The molecule has 0 aliphatic heterocycles. The second-order valence-corrected chi connectivity index (χ2v) is 7.21. The number of primary amides is 1. The average Bonchev–Trinajstić information content (AvgIpc) is 2.33. The summed E-state index contributed by atoms with van der Waals surface area (Å²) in [6.45, 7) is 4.69. The fraction of sp³-hybridized carbons (Fsp3) is 0.462. The maximum Gasteiger partial charge on any atom is 0.243 e. The third-order valence-corrected chi connectivity index (χ3v) is 4.69. The average molecular weight is 317 g/mol. The van der Waals surface area contributed by atoms with Crippen molar-refractivity contribution in [1.82, 2.24) is 4.31 Å². The molecule has 0 aromatic heterocycles. The van der Waals surface area contributed by atoms with Crippen molar-refractivity contribution in [2.45, 2.75) is 25.7 Å². The summed E-state index contributed by atoms with van der Waals surface area (Å²) in [5, 5.41) is 0. The maximum atomic E-state index is 13.7. The van der Waals surface area contributed by atoms with E-state index in [-0.39, 0.29) is 28.6 Å². The maximum absolute atomic E-state index is 13.7. The molecule has 1 aromatic carbocycles. The van der Waals surface area contributed by atoms with Crippen molar-refractivity contribution in [3.8, 4) is 0 Å². The minimum atomic E-state index is -4.04. The van der Waals surface area contributed by atoms with Gasteiger partial charge >= 0.3 is 0 Å². The normalized spacial score (nSPS) is 12.1. The van der Waals surface area contributed by atoms with Crippen LogP contribution < -0.4 is 11.5 Å². The van der Waals surface area contributed by atoms with Crippen LogP contribution in [0.3, 0.4) is 0 Å². The van der Waals surface area contributed by atoms with Gasteiger partial charge in [0.05, 0.1) is 11.4 Å². The lowest BCUT2D eigenvalue weighted by atomic mass is 10.2. The smallest absolute Gasteiger partial charge is 0.243 e. The van der Waals surface area contributed by atoms with Crippen LogP contribution in [0.25, 0.3) is 0 Å². The number of nitrogens with zero attached hydrogens (tertiary/aromatic N) is 1. The van der Waals surface area contributed by atoms with Gasteiger partial charge in [0, 0.05) is 17.8 Å². The number of halogens is 1. The zero-order valence-corrected chi connectivity index (χ0v) is 13.1. The van der Waals surface area contributed by atoms with Crippen molar-refractivity contribution >= 4 is 21.6 Å². The number of carbonyl (C=O) groups is 1. The zero-order valence-electron chi connectivity index (χ0n) is 12.3. The lowest BCUT2D eigenvalue weighted by Crippen LogP contribution is -2.40. The van der Waals surface area contributed by atoms with Crippen LogP contribution in [0.4, 0.5) is 10.1 Å². The van der Waals surface area contributed by atoms with Gasteiger partial charge in [0.25, 0.3) is 0 Å². The second-order valence-electron chi connectivity index (χ2n) is 5.28. The molecule has 8 heteroatoms. The third kappa shape index (κ3) is 4.15. The van der Waals surface area contributed by atoms with Crippen LogP contribution in [-0.4, -0.2) is 31.7 Å². The minimum absolute atomic E-state index is 0.0215. The van der Waals surface area contributed by atoms with Crippen LogP contribution in [0, 0.1) is 18.7 Å². The fourth-order valence-electron chi connectivity index (χ4n) is 1.80. The summed E-state index contributed by atoms with van der Waals surface area (Å²) in [5.41, 5.74) is 10.9. The quantitative estimate of drug-likeness (QED) is 0.758. The lowest BCUT2D eigenvalue weighted by molar-refractivity contribution is -0.118. The van der Waals surface area contributed by atoms with Gasteiger partial charge in [-0.15, -0.1) is 0 Å². The number of nitrogen functional groups attached to an aromatic ring is 1. The molecule has 0 unspecified atom stereocenters. The Balaban J connectivity index is 3.31. The number of sulfonamides is 1. The Labute approximate surface area is 124 Å².